The fourth-order valence-corrected chi connectivity index (χ4v) is 2.72. The average molecular weight is 270 g/mol. The molecule has 1 aliphatic heterocycles. The van der Waals surface area contributed by atoms with Crippen molar-refractivity contribution in [1.82, 2.24) is 0 Å². The molecule has 1 rings (SSSR count). The molecule has 0 N–H and O–H groups in total. The van der Waals surface area contributed by atoms with Gasteiger partial charge in [-0.25, -0.2) is 4.79 Å². The van der Waals surface area contributed by atoms with E-state index >= 15 is 0 Å². The van der Waals surface area contributed by atoms with Crippen LogP contribution in [0.1, 0.15) is 0 Å². The van der Waals surface area contributed by atoms with Gasteiger partial charge in [-0.15, -0.1) is 23.5 Å². The summed E-state index contributed by atoms with van der Waals surface area (Å²) in [5, 5.41) is 1.83. The van der Waals surface area contributed by atoms with Gasteiger partial charge >= 0.3 is 12.1 Å². The lowest BCUT2D eigenvalue weighted by Crippen LogP contribution is -2.25. The van der Waals surface area contributed by atoms with Crippen LogP contribution >= 0.6 is 23.5 Å². The van der Waals surface area contributed by atoms with Gasteiger partial charge in [-0.3, -0.25) is 0 Å². The first-order chi connectivity index (χ1) is 7.41. The highest BCUT2D eigenvalue weighted by atomic mass is 32.2. The normalized spacial score (nSPS) is 21.3. The van der Waals surface area contributed by atoms with Crippen molar-refractivity contribution in [2.24, 2.45) is 0 Å². The number of hydrogen-bond acceptors (Lipinski definition) is 4. The minimum Gasteiger partial charge on any atom is -0.447 e. The largest absolute Gasteiger partial charge is 0.447 e. The van der Waals surface area contributed by atoms with Crippen LogP contribution < -0.4 is 0 Å². The zero-order valence-electron chi connectivity index (χ0n) is 8.12. The molecule has 1 atom stereocenters. The Bertz CT molecular complexity index is 302. The number of alkyl halides is 3. The number of hydrogen-bond donors (Lipinski definition) is 0. The molecule has 1 aliphatic rings. The molecule has 16 heavy (non-hydrogen) atoms. The number of rotatable bonds is 2. The molecule has 0 aromatic rings. The monoisotopic (exact) mass is 270 g/mol. The fourth-order valence-electron chi connectivity index (χ4n) is 0.827. The third-order valence-corrected chi connectivity index (χ3v) is 3.74. The van der Waals surface area contributed by atoms with E-state index in [-0.39, 0.29) is 0 Å². The van der Waals surface area contributed by atoms with Crippen molar-refractivity contribution < 1.29 is 22.7 Å². The predicted molar refractivity (Wildman–Crippen MR) is 59.1 cm³/mol. The summed E-state index contributed by atoms with van der Waals surface area (Å²) in [5.74, 6) is -0.339. The Morgan fingerprint density at radius 2 is 2.19 bits per heavy atom. The third-order valence-electron chi connectivity index (χ3n) is 1.63. The van der Waals surface area contributed by atoms with E-state index in [1.807, 2.05) is 11.5 Å². The molecule has 0 amide bonds. The van der Waals surface area contributed by atoms with Crippen LogP contribution in [0, 0.1) is 0 Å². The molecule has 2 nitrogen and oxygen atoms in total. The van der Waals surface area contributed by atoms with Gasteiger partial charge in [-0.1, -0.05) is 12.7 Å². The third kappa shape index (κ3) is 4.13. The molecule has 0 aliphatic carbocycles. The lowest BCUT2D eigenvalue weighted by molar-refractivity contribution is -0.151. The first-order valence-electron chi connectivity index (χ1n) is 4.26. The molecule has 0 spiro atoms. The summed E-state index contributed by atoms with van der Waals surface area (Å²) < 4.78 is 41.0. The summed E-state index contributed by atoms with van der Waals surface area (Å²) >= 11 is 2.68. The molecule has 7 heteroatoms. The van der Waals surface area contributed by atoms with E-state index in [1.165, 1.54) is 23.5 Å². The first kappa shape index (κ1) is 13.5. The fraction of sp³-hybridized carbons (Fsp3) is 0.444. The minimum absolute atomic E-state index is 0.443. The summed E-state index contributed by atoms with van der Waals surface area (Å²) in [4.78, 5) is 11.1. The molecule has 90 valence electrons. The summed E-state index contributed by atoms with van der Waals surface area (Å²) in [6.45, 7) is 2.68. The van der Waals surface area contributed by atoms with Gasteiger partial charge in [0.15, 0.2) is 5.44 Å². The maximum atomic E-state index is 12.1. The van der Waals surface area contributed by atoms with Crippen LogP contribution in [0.3, 0.4) is 0 Å². The van der Waals surface area contributed by atoms with E-state index in [0.29, 0.717) is 11.5 Å². The molecule has 0 saturated carbocycles. The van der Waals surface area contributed by atoms with Gasteiger partial charge in [0.25, 0.3) is 0 Å². The van der Waals surface area contributed by atoms with Gasteiger partial charge in [0, 0.05) is 11.5 Å². The van der Waals surface area contributed by atoms with Gasteiger partial charge in [-0.2, -0.15) is 13.2 Å². The SMILES string of the molecule is C=C(C(=O)OC1CSC=CCS1)C(F)(F)F. The molecule has 0 aromatic carbocycles. The molecule has 0 fully saturated rings. The Morgan fingerprint density at radius 3 is 2.81 bits per heavy atom. The highest BCUT2D eigenvalue weighted by Gasteiger charge is 2.38. The van der Waals surface area contributed by atoms with Crippen LogP contribution in [-0.4, -0.2) is 29.1 Å². The van der Waals surface area contributed by atoms with E-state index in [4.69, 9.17) is 4.74 Å². The molecule has 0 radical (unpaired) electrons. The smallest absolute Gasteiger partial charge is 0.422 e. The lowest BCUT2D eigenvalue weighted by atomic mass is 10.3. The summed E-state index contributed by atoms with van der Waals surface area (Å²) in [7, 11) is 0. The van der Waals surface area contributed by atoms with E-state index in [2.05, 4.69) is 6.58 Å². The molecule has 1 unspecified atom stereocenters. The van der Waals surface area contributed by atoms with E-state index in [0.717, 1.165) is 0 Å². The van der Waals surface area contributed by atoms with Gasteiger partial charge < -0.3 is 4.74 Å². The molecular formula is C9H9F3O2S2. The van der Waals surface area contributed by atoms with Gasteiger partial charge in [-0.05, 0) is 5.41 Å². The lowest BCUT2D eigenvalue weighted by Gasteiger charge is -2.16. The second-order valence-electron chi connectivity index (χ2n) is 2.85. The minimum atomic E-state index is -4.72. The van der Waals surface area contributed by atoms with Crippen molar-refractivity contribution >= 4 is 29.5 Å². The van der Waals surface area contributed by atoms with Crippen LogP contribution in [0.4, 0.5) is 13.2 Å². The maximum absolute atomic E-state index is 12.1. The Morgan fingerprint density at radius 1 is 1.50 bits per heavy atom. The average Bonchev–Trinajstić information content (AvgIpc) is 2.43. The van der Waals surface area contributed by atoms with Gasteiger partial charge in [0.1, 0.15) is 5.57 Å². The zero-order valence-corrected chi connectivity index (χ0v) is 9.75. The van der Waals surface area contributed by atoms with Gasteiger partial charge in [0.05, 0.1) is 0 Å². The van der Waals surface area contributed by atoms with E-state index in [1.54, 1.807) is 0 Å². The molecule has 0 saturated heterocycles. The summed E-state index contributed by atoms with van der Waals surface area (Å²) in [6.07, 6.45) is -2.86. The molecule has 1 heterocycles. The summed E-state index contributed by atoms with van der Waals surface area (Å²) in [6, 6.07) is 0. The quantitative estimate of drug-likeness (QED) is 0.569. The van der Waals surface area contributed by atoms with Crippen molar-refractivity contribution in [3.8, 4) is 0 Å². The van der Waals surface area contributed by atoms with Crippen LogP contribution in [0.5, 0.6) is 0 Å². The van der Waals surface area contributed by atoms with E-state index in [9.17, 15) is 18.0 Å². The maximum Gasteiger partial charge on any atom is 0.422 e. The Balaban J connectivity index is 2.48. The highest BCUT2D eigenvalue weighted by Crippen LogP contribution is 2.28. The highest BCUT2D eigenvalue weighted by molar-refractivity contribution is 8.05. The van der Waals surface area contributed by atoms with Crippen LogP contribution in [0.25, 0.3) is 0 Å². The van der Waals surface area contributed by atoms with Crippen molar-refractivity contribution in [2.75, 3.05) is 11.5 Å². The van der Waals surface area contributed by atoms with Crippen molar-refractivity contribution in [2.45, 2.75) is 11.6 Å². The number of esters is 1. The number of thioether (sulfide) groups is 2. The Labute approximate surface area is 99.3 Å². The summed E-state index contributed by atoms with van der Waals surface area (Å²) in [5.41, 5.74) is -2.03. The van der Waals surface area contributed by atoms with E-state index < -0.39 is 23.2 Å². The van der Waals surface area contributed by atoms with Crippen molar-refractivity contribution in [3.63, 3.8) is 0 Å². The first-order valence-corrected chi connectivity index (χ1v) is 6.36. The zero-order chi connectivity index (χ0) is 12.2. The predicted octanol–water partition coefficient (Wildman–Crippen LogP) is 2.97. The number of halogens is 3. The Hall–Kier alpha value is -0.560. The standard InChI is InChI=1S/C9H9F3O2S2/c1-6(9(10,11)12)8(13)14-7-5-15-3-2-4-16-7/h2-3,7H,1,4-5H2. The molecule has 0 bridgehead atoms. The topological polar surface area (TPSA) is 26.3 Å². The number of carbonyl (C=O) groups excluding carboxylic acids is 1. The van der Waals surface area contributed by atoms with Crippen LogP contribution in [0.2, 0.25) is 0 Å². The number of carbonyl (C=O) groups is 1. The second-order valence-corrected chi connectivity index (χ2v) is 4.98. The van der Waals surface area contributed by atoms with Gasteiger partial charge in [0.2, 0.25) is 0 Å². The Kier molecular flexibility index (Phi) is 4.79. The number of ether oxygens (including phenoxy) is 1. The van der Waals surface area contributed by atoms with Crippen LogP contribution in [-0.2, 0) is 9.53 Å². The van der Waals surface area contributed by atoms with Crippen molar-refractivity contribution in [1.29, 1.82) is 0 Å². The molecular weight excluding hydrogens is 261 g/mol. The second kappa shape index (κ2) is 5.67. The molecule has 0 aromatic heterocycles. The van der Waals surface area contributed by atoms with Crippen LogP contribution in [0.15, 0.2) is 23.6 Å². The van der Waals surface area contributed by atoms with Crippen molar-refractivity contribution in [3.05, 3.63) is 23.6 Å².